The quantitative estimate of drug-likeness (QED) is 0.884. The number of nitrogens with zero attached hydrogens (tertiary/aromatic N) is 1. The first-order chi connectivity index (χ1) is 9.59. The van der Waals surface area contributed by atoms with Crippen molar-refractivity contribution in [1.82, 2.24) is 10.2 Å². The SMILES string of the molecule is Cc1cccc(O)c1C(C)CCC(=O)N1CCNCC1. The fourth-order valence-corrected chi connectivity index (χ4v) is 2.86. The van der Waals surface area contributed by atoms with Crippen molar-refractivity contribution in [2.75, 3.05) is 26.2 Å². The molecule has 1 aliphatic heterocycles. The highest BCUT2D eigenvalue weighted by atomic mass is 16.3. The molecule has 0 spiro atoms. The van der Waals surface area contributed by atoms with Gasteiger partial charge in [-0.25, -0.2) is 0 Å². The number of hydrogen-bond donors (Lipinski definition) is 2. The Kier molecular flexibility index (Phi) is 5.01. The van der Waals surface area contributed by atoms with Crippen molar-refractivity contribution < 1.29 is 9.90 Å². The molecule has 1 fully saturated rings. The highest BCUT2D eigenvalue weighted by Crippen LogP contribution is 2.31. The second-order valence-corrected chi connectivity index (χ2v) is 5.58. The van der Waals surface area contributed by atoms with Crippen LogP contribution in [0.1, 0.15) is 36.8 Å². The zero-order valence-corrected chi connectivity index (χ0v) is 12.4. The number of hydrogen-bond acceptors (Lipinski definition) is 3. The molecular formula is C16H24N2O2. The summed E-state index contributed by atoms with van der Waals surface area (Å²) in [6.45, 7) is 7.47. The third kappa shape index (κ3) is 3.51. The second kappa shape index (κ2) is 6.75. The van der Waals surface area contributed by atoms with Crippen molar-refractivity contribution >= 4 is 5.91 Å². The zero-order valence-electron chi connectivity index (χ0n) is 12.4. The first-order valence-corrected chi connectivity index (χ1v) is 7.36. The number of carbonyl (C=O) groups excluding carboxylic acids is 1. The van der Waals surface area contributed by atoms with Gasteiger partial charge in [-0.15, -0.1) is 0 Å². The molecule has 1 saturated heterocycles. The van der Waals surface area contributed by atoms with E-state index in [4.69, 9.17) is 0 Å². The van der Waals surface area contributed by atoms with Crippen molar-refractivity contribution in [1.29, 1.82) is 0 Å². The van der Waals surface area contributed by atoms with Crippen LogP contribution in [0.15, 0.2) is 18.2 Å². The van der Waals surface area contributed by atoms with Gasteiger partial charge in [0, 0.05) is 32.6 Å². The predicted octanol–water partition coefficient (Wildman–Crippen LogP) is 2.02. The van der Waals surface area contributed by atoms with Gasteiger partial charge >= 0.3 is 0 Å². The van der Waals surface area contributed by atoms with Crippen LogP contribution in [-0.2, 0) is 4.79 Å². The van der Waals surface area contributed by atoms with Crippen molar-refractivity contribution in [3.8, 4) is 5.75 Å². The number of benzene rings is 1. The fraction of sp³-hybridized carbons (Fsp3) is 0.562. The Morgan fingerprint density at radius 3 is 2.75 bits per heavy atom. The van der Waals surface area contributed by atoms with Crippen LogP contribution in [0.25, 0.3) is 0 Å². The van der Waals surface area contributed by atoms with Crippen LogP contribution in [0.5, 0.6) is 5.75 Å². The lowest BCUT2D eigenvalue weighted by molar-refractivity contribution is -0.131. The van der Waals surface area contributed by atoms with E-state index < -0.39 is 0 Å². The number of phenols is 1. The van der Waals surface area contributed by atoms with Gasteiger partial charge in [-0.2, -0.15) is 0 Å². The van der Waals surface area contributed by atoms with E-state index in [1.54, 1.807) is 6.07 Å². The monoisotopic (exact) mass is 276 g/mol. The highest BCUT2D eigenvalue weighted by Gasteiger charge is 2.19. The van der Waals surface area contributed by atoms with Crippen molar-refractivity contribution in [3.63, 3.8) is 0 Å². The third-order valence-corrected chi connectivity index (χ3v) is 4.05. The maximum Gasteiger partial charge on any atom is 0.222 e. The van der Waals surface area contributed by atoms with E-state index in [-0.39, 0.29) is 11.8 Å². The van der Waals surface area contributed by atoms with E-state index in [2.05, 4.69) is 12.2 Å². The normalized spacial score (nSPS) is 17.0. The van der Waals surface area contributed by atoms with E-state index in [9.17, 15) is 9.90 Å². The Bertz CT molecular complexity index is 447. The summed E-state index contributed by atoms with van der Waals surface area (Å²) < 4.78 is 0. The number of rotatable bonds is 4. The van der Waals surface area contributed by atoms with Gasteiger partial charge in [-0.1, -0.05) is 19.1 Å². The summed E-state index contributed by atoms with van der Waals surface area (Å²) in [5.74, 6) is 0.765. The van der Waals surface area contributed by atoms with E-state index >= 15 is 0 Å². The molecule has 0 aliphatic carbocycles. The molecule has 1 heterocycles. The summed E-state index contributed by atoms with van der Waals surface area (Å²) in [4.78, 5) is 14.1. The molecule has 0 aromatic heterocycles. The molecule has 1 aromatic carbocycles. The molecule has 2 N–H and O–H groups in total. The molecule has 1 unspecified atom stereocenters. The van der Waals surface area contributed by atoms with Crippen LogP contribution >= 0.6 is 0 Å². The second-order valence-electron chi connectivity index (χ2n) is 5.58. The third-order valence-electron chi connectivity index (χ3n) is 4.05. The lowest BCUT2D eigenvalue weighted by Gasteiger charge is -2.28. The van der Waals surface area contributed by atoms with Gasteiger partial charge in [0.25, 0.3) is 0 Å². The summed E-state index contributed by atoms with van der Waals surface area (Å²) in [6.07, 6.45) is 1.33. The molecule has 110 valence electrons. The van der Waals surface area contributed by atoms with Gasteiger partial charge < -0.3 is 15.3 Å². The van der Waals surface area contributed by atoms with Gasteiger partial charge in [0.1, 0.15) is 5.75 Å². The first kappa shape index (κ1) is 14.9. The minimum absolute atomic E-state index is 0.197. The molecule has 0 radical (unpaired) electrons. The van der Waals surface area contributed by atoms with Crippen LogP contribution < -0.4 is 5.32 Å². The van der Waals surface area contributed by atoms with Gasteiger partial charge in [0.15, 0.2) is 0 Å². The largest absolute Gasteiger partial charge is 0.508 e. The lowest BCUT2D eigenvalue weighted by Crippen LogP contribution is -2.46. The van der Waals surface area contributed by atoms with Gasteiger partial charge in [-0.3, -0.25) is 4.79 Å². The van der Waals surface area contributed by atoms with Crippen LogP contribution in [0.4, 0.5) is 0 Å². The minimum Gasteiger partial charge on any atom is -0.508 e. The number of aryl methyl sites for hydroxylation is 1. The smallest absolute Gasteiger partial charge is 0.222 e. The Balaban J connectivity index is 1.91. The van der Waals surface area contributed by atoms with Crippen LogP contribution in [-0.4, -0.2) is 42.1 Å². The van der Waals surface area contributed by atoms with Crippen molar-refractivity contribution in [2.45, 2.75) is 32.6 Å². The first-order valence-electron chi connectivity index (χ1n) is 7.36. The van der Waals surface area contributed by atoms with E-state index in [0.29, 0.717) is 12.2 Å². The average molecular weight is 276 g/mol. The molecule has 1 amide bonds. The van der Waals surface area contributed by atoms with E-state index in [1.165, 1.54) is 0 Å². The predicted molar refractivity (Wildman–Crippen MR) is 79.9 cm³/mol. The number of amides is 1. The van der Waals surface area contributed by atoms with Crippen LogP contribution in [0.3, 0.4) is 0 Å². The molecule has 4 heteroatoms. The molecule has 4 nitrogen and oxygen atoms in total. The number of aromatic hydroxyl groups is 1. The summed E-state index contributed by atoms with van der Waals surface area (Å²) in [7, 11) is 0. The minimum atomic E-state index is 0.197. The van der Waals surface area contributed by atoms with E-state index in [1.807, 2.05) is 24.0 Å². The summed E-state index contributed by atoms with van der Waals surface area (Å²) >= 11 is 0. The maximum absolute atomic E-state index is 12.1. The van der Waals surface area contributed by atoms with Crippen LogP contribution in [0.2, 0.25) is 0 Å². The van der Waals surface area contributed by atoms with Gasteiger partial charge in [-0.05, 0) is 36.5 Å². The molecule has 0 saturated carbocycles. The van der Waals surface area contributed by atoms with Gasteiger partial charge in [0.05, 0.1) is 0 Å². The Hall–Kier alpha value is -1.55. The Morgan fingerprint density at radius 1 is 1.40 bits per heavy atom. The van der Waals surface area contributed by atoms with Crippen molar-refractivity contribution in [3.05, 3.63) is 29.3 Å². The molecule has 1 atom stereocenters. The Labute approximate surface area is 120 Å². The number of phenolic OH excluding ortho intramolecular Hbond substituents is 1. The van der Waals surface area contributed by atoms with Gasteiger partial charge in [0.2, 0.25) is 5.91 Å². The average Bonchev–Trinajstić information content (AvgIpc) is 2.45. The van der Waals surface area contributed by atoms with Crippen LogP contribution in [0, 0.1) is 6.92 Å². The molecule has 1 aromatic rings. The number of carbonyl (C=O) groups is 1. The maximum atomic E-state index is 12.1. The molecule has 1 aliphatic rings. The molecule has 0 bridgehead atoms. The van der Waals surface area contributed by atoms with Crippen molar-refractivity contribution in [2.24, 2.45) is 0 Å². The number of nitrogens with one attached hydrogen (secondary N) is 1. The fourth-order valence-electron chi connectivity index (χ4n) is 2.86. The number of piperazine rings is 1. The highest BCUT2D eigenvalue weighted by molar-refractivity contribution is 5.76. The summed E-state index contributed by atoms with van der Waals surface area (Å²) in [5.41, 5.74) is 2.06. The lowest BCUT2D eigenvalue weighted by atomic mass is 9.91. The molecular weight excluding hydrogens is 252 g/mol. The molecule has 2 rings (SSSR count). The summed E-state index contributed by atoms with van der Waals surface area (Å²) in [5, 5.41) is 13.2. The Morgan fingerprint density at radius 2 is 2.10 bits per heavy atom. The van der Waals surface area contributed by atoms with E-state index in [0.717, 1.165) is 43.7 Å². The summed E-state index contributed by atoms with van der Waals surface area (Å²) in [6, 6.07) is 5.58. The topological polar surface area (TPSA) is 52.6 Å². The molecule has 20 heavy (non-hydrogen) atoms. The standard InChI is InChI=1S/C16H24N2O2/c1-12-4-3-5-14(19)16(12)13(2)6-7-15(20)18-10-8-17-9-11-18/h3-5,13,17,19H,6-11H2,1-2H3. The zero-order chi connectivity index (χ0) is 14.5.